The van der Waals surface area contributed by atoms with E-state index in [2.05, 4.69) is 9.97 Å². The van der Waals surface area contributed by atoms with Gasteiger partial charge >= 0.3 is 6.18 Å². The molecule has 2 aromatic rings. The number of ether oxygens (including phenoxy) is 1. The summed E-state index contributed by atoms with van der Waals surface area (Å²) in [6.07, 6.45) is -1.83. The van der Waals surface area contributed by atoms with Gasteiger partial charge in [0.05, 0.1) is 11.1 Å². The number of nitrogens with zero attached hydrogens (tertiary/aromatic N) is 2. The van der Waals surface area contributed by atoms with E-state index in [4.69, 9.17) is 10.5 Å². The van der Waals surface area contributed by atoms with Gasteiger partial charge < -0.3 is 10.5 Å². The molecule has 0 saturated heterocycles. The lowest BCUT2D eigenvalue weighted by Gasteiger charge is -2.12. The maximum absolute atomic E-state index is 12.7. The van der Waals surface area contributed by atoms with E-state index in [1.54, 1.807) is 0 Å². The number of halogens is 3. The van der Waals surface area contributed by atoms with E-state index in [1.807, 2.05) is 6.92 Å². The quantitative estimate of drug-likeness (QED) is 0.931. The Morgan fingerprint density at radius 3 is 2.67 bits per heavy atom. The van der Waals surface area contributed by atoms with Crippen molar-refractivity contribution in [3.63, 3.8) is 0 Å². The first kappa shape index (κ1) is 15.1. The van der Waals surface area contributed by atoms with Gasteiger partial charge in [0.15, 0.2) is 0 Å². The number of aromatic nitrogens is 2. The van der Waals surface area contributed by atoms with Crippen LogP contribution in [0, 0.1) is 0 Å². The molecule has 1 aromatic carbocycles. The molecule has 0 spiro atoms. The Balaban J connectivity index is 2.33. The first-order chi connectivity index (χ1) is 9.91. The predicted octanol–water partition coefficient (Wildman–Crippen LogP) is 3.82. The minimum absolute atomic E-state index is 0.0558. The number of nitrogen functional groups attached to an aromatic ring is 1. The fraction of sp³-hybridized carbons (Fsp3) is 0.286. The Bertz CT molecular complexity index is 629. The molecule has 21 heavy (non-hydrogen) atoms. The zero-order chi connectivity index (χ0) is 15.5. The molecule has 7 heteroatoms. The van der Waals surface area contributed by atoms with Crippen molar-refractivity contribution in [3.8, 4) is 11.6 Å². The van der Waals surface area contributed by atoms with Crippen molar-refractivity contribution in [2.24, 2.45) is 0 Å². The second-order valence-corrected chi connectivity index (χ2v) is 4.42. The predicted molar refractivity (Wildman–Crippen MR) is 72.0 cm³/mol. The Morgan fingerprint density at radius 2 is 2.00 bits per heavy atom. The Morgan fingerprint density at radius 1 is 1.24 bits per heavy atom. The minimum Gasteiger partial charge on any atom is -0.439 e. The summed E-state index contributed by atoms with van der Waals surface area (Å²) in [5.74, 6) is 0.512. The zero-order valence-corrected chi connectivity index (χ0v) is 11.3. The second-order valence-electron chi connectivity index (χ2n) is 4.42. The van der Waals surface area contributed by atoms with E-state index in [-0.39, 0.29) is 17.4 Å². The van der Waals surface area contributed by atoms with Gasteiger partial charge in [0.2, 0.25) is 5.88 Å². The van der Waals surface area contributed by atoms with E-state index in [1.165, 1.54) is 18.5 Å². The van der Waals surface area contributed by atoms with Crippen molar-refractivity contribution in [2.45, 2.75) is 25.9 Å². The largest absolute Gasteiger partial charge is 0.439 e. The molecule has 0 bridgehead atoms. The van der Waals surface area contributed by atoms with Crippen molar-refractivity contribution < 1.29 is 17.9 Å². The summed E-state index contributed by atoms with van der Waals surface area (Å²) in [6.45, 7) is 1.94. The normalized spacial score (nSPS) is 11.4. The molecule has 0 unspecified atom stereocenters. The lowest BCUT2D eigenvalue weighted by molar-refractivity contribution is -0.137. The molecule has 2 rings (SSSR count). The van der Waals surface area contributed by atoms with E-state index in [9.17, 15) is 13.2 Å². The second kappa shape index (κ2) is 5.99. The summed E-state index contributed by atoms with van der Waals surface area (Å²) in [4.78, 5) is 7.81. The van der Waals surface area contributed by atoms with E-state index < -0.39 is 11.7 Å². The minimum atomic E-state index is -4.42. The van der Waals surface area contributed by atoms with E-state index >= 15 is 0 Å². The highest BCUT2D eigenvalue weighted by atomic mass is 19.4. The number of nitrogens with two attached hydrogens (primary N) is 1. The number of benzene rings is 1. The molecule has 0 aliphatic rings. The van der Waals surface area contributed by atoms with Gasteiger partial charge in [-0.2, -0.15) is 13.2 Å². The summed E-state index contributed by atoms with van der Waals surface area (Å²) >= 11 is 0. The molecule has 1 heterocycles. The van der Waals surface area contributed by atoms with Crippen LogP contribution in [-0.4, -0.2) is 9.97 Å². The number of alkyl halides is 3. The standard InChI is InChI=1S/C14H14F3N3O/c1-2-4-11-12(18)19-8-20-13(11)21-10-6-3-5-9(7-10)14(15,16)17/h3,5-8H,2,4H2,1H3,(H2,18,19,20). The van der Waals surface area contributed by atoms with Crippen LogP contribution in [0.15, 0.2) is 30.6 Å². The van der Waals surface area contributed by atoms with E-state index in [0.29, 0.717) is 12.0 Å². The molecular formula is C14H14F3N3O. The maximum Gasteiger partial charge on any atom is 0.416 e. The number of rotatable bonds is 4. The number of hydrogen-bond acceptors (Lipinski definition) is 4. The Hall–Kier alpha value is -2.31. The van der Waals surface area contributed by atoms with Crippen molar-refractivity contribution in [3.05, 3.63) is 41.7 Å². The van der Waals surface area contributed by atoms with Crippen molar-refractivity contribution in [1.82, 2.24) is 9.97 Å². The molecule has 0 amide bonds. The van der Waals surface area contributed by atoms with Gasteiger partial charge in [-0.3, -0.25) is 0 Å². The SMILES string of the molecule is CCCc1c(N)ncnc1Oc1cccc(C(F)(F)F)c1. The molecule has 112 valence electrons. The molecule has 1 aromatic heterocycles. The van der Waals surface area contributed by atoms with Crippen LogP contribution >= 0.6 is 0 Å². The van der Waals surface area contributed by atoms with Crippen LogP contribution in [0.2, 0.25) is 0 Å². The fourth-order valence-corrected chi connectivity index (χ4v) is 1.83. The van der Waals surface area contributed by atoms with Crippen LogP contribution in [0.25, 0.3) is 0 Å². The van der Waals surface area contributed by atoms with Crippen LogP contribution in [0.1, 0.15) is 24.5 Å². The molecule has 0 aliphatic heterocycles. The van der Waals surface area contributed by atoms with Crippen molar-refractivity contribution >= 4 is 5.82 Å². The summed E-state index contributed by atoms with van der Waals surface area (Å²) in [5, 5.41) is 0. The van der Waals surface area contributed by atoms with Gasteiger partial charge in [0.25, 0.3) is 0 Å². The van der Waals surface area contributed by atoms with Gasteiger partial charge in [-0.15, -0.1) is 0 Å². The number of anilines is 1. The summed E-state index contributed by atoms with van der Waals surface area (Å²) in [5.41, 5.74) is 5.57. The average Bonchev–Trinajstić information content (AvgIpc) is 2.42. The van der Waals surface area contributed by atoms with Gasteiger partial charge in [-0.05, 0) is 24.6 Å². The highest BCUT2D eigenvalue weighted by Gasteiger charge is 2.30. The molecule has 0 radical (unpaired) electrons. The van der Waals surface area contributed by atoms with Gasteiger partial charge in [0.1, 0.15) is 17.9 Å². The smallest absolute Gasteiger partial charge is 0.416 e. The Kier molecular flexibility index (Phi) is 4.30. The van der Waals surface area contributed by atoms with Crippen LogP contribution in [-0.2, 0) is 12.6 Å². The lowest BCUT2D eigenvalue weighted by Crippen LogP contribution is -2.05. The summed E-state index contributed by atoms with van der Waals surface area (Å²) < 4.78 is 43.5. The van der Waals surface area contributed by atoms with Gasteiger partial charge in [0, 0.05) is 0 Å². The van der Waals surface area contributed by atoms with Gasteiger partial charge in [-0.1, -0.05) is 19.4 Å². The lowest BCUT2D eigenvalue weighted by atomic mass is 10.1. The first-order valence-electron chi connectivity index (χ1n) is 6.36. The summed E-state index contributed by atoms with van der Waals surface area (Å²) in [7, 11) is 0. The molecule has 4 nitrogen and oxygen atoms in total. The third-order valence-corrected chi connectivity index (χ3v) is 2.82. The molecule has 0 saturated carbocycles. The highest BCUT2D eigenvalue weighted by molar-refractivity contribution is 5.46. The molecule has 0 fully saturated rings. The Labute approximate surface area is 119 Å². The van der Waals surface area contributed by atoms with Crippen LogP contribution in [0.5, 0.6) is 11.6 Å². The topological polar surface area (TPSA) is 61.0 Å². The van der Waals surface area contributed by atoms with Crippen molar-refractivity contribution in [2.75, 3.05) is 5.73 Å². The van der Waals surface area contributed by atoms with Crippen LogP contribution in [0.3, 0.4) is 0 Å². The highest BCUT2D eigenvalue weighted by Crippen LogP contribution is 2.33. The number of hydrogen-bond donors (Lipinski definition) is 1. The average molecular weight is 297 g/mol. The maximum atomic E-state index is 12.7. The molecule has 0 aliphatic carbocycles. The fourth-order valence-electron chi connectivity index (χ4n) is 1.83. The third kappa shape index (κ3) is 3.62. The van der Waals surface area contributed by atoms with Crippen molar-refractivity contribution in [1.29, 1.82) is 0 Å². The zero-order valence-electron chi connectivity index (χ0n) is 11.3. The van der Waals surface area contributed by atoms with Gasteiger partial charge in [-0.25, -0.2) is 9.97 Å². The molecular weight excluding hydrogens is 283 g/mol. The van der Waals surface area contributed by atoms with Crippen LogP contribution < -0.4 is 10.5 Å². The molecule has 2 N–H and O–H groups in total. The van der Waals surface area contributed by atoms with Crippen LogP contribution in [0.4, 0.5) is 19.0 Å². The first-order valence-corrected chi connectivity index (χ1v) is 6.36. The third-order valence-electron chi connectivity index (χ3n) is 2.82. The van der Waals surface area contributed by atoms with E-state index in [0.717, 1.165) is 18.6 Å². The molecule has 0 atom stereocenters. The monoisotopic (exact) mass is 297 g/mol. The summed E-state index contributed by atoms with van der Waals surface area (Å²) in [6, 6.07) is 4.62.